The average molecular weight is 1800 g/mol. The lowest BCUT2D eigenvalue weighted by molar-refractivity contribution is 0.669. The van der Waals surface area contributed by atoms with Crippen molar-refractivity contribution in [2.24, 2.45) is 0 Å². The van der Waals surface area contributed by atoms with E-state index < -0.39 is 0 Å². The van der Waals surface area contributed by atoms with Crippen LogP contribution in [0, 0.1) is 29.2 Å². The molecule has 0 aliphatic carbocycles. The number of furan rings is 3. The Morgan fingerprint density at radius 3 is 1.06 bits per heavy atom. The van der Waals surface area contributed by atoms with Gasteiger partial charge in [-0.1, -0.05) is 291 Å². The van der Waals surface area contributed by atoms with Crippen LogP contribution in [0.3, 0.4) is 0 Å². The van der Waals surface area contributed by atoms with E-state index in [4.69, 9.17) is 19.8 Å². The Morgan fingerprint density at radius 2 is 0.539 bits per heavy atom. The monoisotopic (exact) mass is 1800 g/mol. The third-order valence-electron chi connectivity index (χ3n) is 28.7. The van der Waals surface area contributed by atoms with Gasteiger partial charge in [0.2, 0.25) is 0 Å². The molecule has 0 bridgehead atoms. The van der Waals surface area contributed by atoms with Gasteiger partial charge in [-0.15, -0.1) is 0 Å². The van der Waals surface area contributed by atoms with Gasteiger partial charge in [-0.05, 0) is 169 Å². The average Bonchev–Trinajstić information content (AvgIpc) is 1.56. The summed E-state index contributed by atoms with van der Waals surface area (Å²) in [5.41, 5.74) is 32.5. The number of aromatic nitrogens is 6. The first-order chi connectivity index (χ1) is 69.9. The molecule has 0 saturated carbocycles. The normalized spacial score (nSPS) is 11.8. The summed E-state index contributed by atoms with van der Waals surface area (Å²) in [7, 11) is 0. The highest BCUT2D eigenvalue weighted by Crippen LogP contribution is 2.51. The summed E-state index contributed by atoms with van der Waals surface area (Å²) in [4.78, 5) is 4.11. The smallest absolute Gasteiger partial charge is 0.197 e. The summed E-state index contributed by atoms with van der Waals surface area (Å²) in [6, 6.07) is 163. The topological polar surface area (TPSA) is 121 Å². The van der Waals surface area contributed by atoms with Crippen molar-refractivity contribution < 1.29 is 13.3 Å². The van der Waals surface area contributed by atoms with E-state index in [2.05, 4.69) is 427 Å². The van der Waals surface area contributed by atoms with Crippen LogP contribution in [0.1, 0.15) is 11.1 Å². The second-order valence-corrected chi connectivity index (χ2v) is 36.0. The van der Waals surface area contributed by atoms with Crippen LogP contribution in [0.5, 0.6) is 0 Å². The number of nitrogens with zero attached hydrogens (tertiary/aromatic N) is 9. The molecule has 0 N–H and O–H groups in total. The van der Waals surface area contributed by atoms with E-state index in [9.17, 15) is 10.5 Å². The summed E-state index contributed by atoms with van der Waals surface area (Å²) in [5.74, 6) is 0. The first kappa shape index (κ1) is 79.8. The minimum Gasteiger partial charge on any atom is -0.456 e. The summed E-state index contributed by atoms with van der Waals surface area (Å²) in [6.45, 7) is 8.35. The van der Waals surface area contributed by atoms with E-state index in [-0.39, 0.29) is 0 Å². The minimum absolute atomic E-state index is 0.603. The maximum Gasteiger partial charge on any atom is 0.197 e. The van der Waals surface area contributed by atoms with E-state index in [1.54, 1.807) is 0 Å². The van der Waals surface area contributed by atoms with Gasteiger partial charge in [0, 0.05) is 125 Å². The van der Waals surface area contributed by atoms with Crippen molar-refractivity contribution in [1.82, 2.24) is 27.4 Å². The molecule has 0 saturated heterocycles. The molecule has 9 aromatic heterocycles. The van der Waals surface area contributed by atoms with Crippen LogP contribution in [-0.4, -0.2) is 27.4 Å². The largest absolute Gasteiger partial charge is 0.456 e. The Kier molecular flexibility index (Phi) is 18.0. The highest BCUT2D eigenvalue weighted by molar-refractivity contribution is 6.29. The lowest BCUT2D eigenvalue weighted by Gasteiger charge is -2.19. The van der Waals surface area contributed by atoms with Crippen molar-refractivity contribution in [3.63, 3.8) is 0 Å². The SMILES string of the molecule is N#Cc1ccc(-c2ccccc2-n2c3ccccc3c3ccccc32)c(-n2c3ccccc3c3cc4oc5ccccc5c4cc32)c1.N#Cc1ccc(-n2c3ccccc3c3c4c(ccc32)oc2ccccc24)c(-c2ccccc2-n2c3ccccc3c3ccccc32)c1.[C-]#[N+]c1cccc(-n2c3ccccc3c3c4oc5ccccc5c4ccc32)c1-c1ccccc1-n1c2ccccc2c2ccccc21. The van der Waals surface area contributed by atoms with Crippen LogP contribution >= 0.6 is 0 Å². The zero-order chi connectivity index (χ0) is 93.2. The number of rotatable bonds is 9. The molecule has 0 aliphatic rings. The molecule has 12 nitrogen and oxygen atoms in total. The second kappa shape index (κ2) is 31.7. The van der Waals surface area contributed by atoms with E-state index in [1.807, 2.05) is 72.8 Å². The third kappa shape index (κ3) is 12.1. The van der Waals surface area contributed by atoms with Crippen molar-refractivity contribution in [3.8, 4) is 79.6 Å². The number of fused-ring (bicyclic) bond motifs is 29. The Labute approximate surface area is 805 Å². The van der Waals surface area contributed by atoms with Crippen molar-refractivity contribution in [3.05, 3.63) is 478 Å². The van der Waals surface area contributed by atoms with Crippen molar-refractivity contribution in [2.75, 3.05) is 0 Å². The lowest BCUT2D eigenvalue weighted by atomic mass is 9.98. The zero-order valence-corrected chi connectivity index (χ0v) is 75.6. The molecule has 654 valence electrons. The molecule has 0 unspecified atom stereocenters. The maximum atomic E-state index is 10.1. The number of benzene rings is 21. The van der Waals surface area contributed by atoms with Gasteiger partial charge in [0.05, 0.1) is 130 Å². The van der Waals surface area contributed by atoms with Crippen molar-refractivity contribution >= 4 is 202 Å². The number of para-hydroxylation sites is 15. The molecule has 12 heteroatoms. The molecule has 0 fully saturated rings. The van der Waals surface area contributed by atoms with E-state index in [0.717, 1.165) is 232 Å². The Balaban J connectivity index is 0.000000104. The standard InChI is InChI=1S/3C43H25N3O/c1-44-33-18-12-23-38(41(33)31-16-4-9-21-36(31)45-34-19-7-2-13-27(34)28-14-3-8-20-35(28)45)46-37-22-10-5-17-32(37)42-39(46)26-25-30-29-15-6-11-24-40(29)47-43(30)42;44-26-27-21-22-32(30-13-3-8-18-38(30)45-36-16-6-1-11-28(36)29-12-2-7-17-37(29)45)40(23-27)46-39-19-9-4-14-31(39)34-25-43-35(24-41(34)46)33-15-5-10-20-42(33)47-43;44-26-27-21-22-38(46-37-19-9-4-14-31(37)42-39(46)23-24-41-43(42)32-15-5-10-20-40(32)47-41)33(25-27)30-13-3-8-18-36(30)45-34-16-6-1-11-28(34)29-12-2-7-17-35(29)45/h2-26H;2*1-25H. The van der Waals surface area contributed by atoms with Gasteiger partial charge in [0.1, 0.15) is 33.5 Å². The van der Waals surface area contributed by atoms with Gasteiger partial charge in [-0.2, -0.15) is 10.5 Å². The van der Waals surface area contributed by atoms with Crippen LogP contribution in [0.2, 0.25) is 0 Å². The predicted octanol–water partition coefficient (Wildman–Crippen LogP) is 34.6. The van der Waals surface area contributed by atoms with Crippen LogP contribution in [0.4, 0.5) is 5.69 Å². The summed E-state index contributed by atoms with van der Waals surface area (Å²) >= 11 is 0. The van der Waals surface area contributed by atoms with Gasteiger partial charge >= 0.3 is 0 Å². The molecular weight excluding hydrogens is 1720 g/mol. The first-order valence-electron chi connectivity index (χ1n) is 47.3. The molecular formula is C129H75N9O3. The zero-order valence-electron chi connectivity index (χ0n) is 75.6. The van der Waals surface area contributed by atoms with Gasteiger partial charge in [-0.3, -0.25) is 0 Å². The van der Waals surface area contributed by atoms with Crippen LogP contribution in [-0.2, 0) is 0 Å². The Bertz CT molecular complexity index is 10500. The predicted molar refractivity (Wildman–Crippen MR) is 579 cm³/mol. The fraction of sp³-hybridized carbons (Fsp3) is 0. The number of hydrogen-bond donors (Lipinski definition) is 0. The molecule has 0 aliphatic heterocycles. The van der Waals surface area contributed by atoms with Crippen molar-refractivity contribution in [1.29, 1.82) is 10.5 Å². The Hall–Kier alpha value is -19.7. The fourth-order valence-corrected chi connectivity index (χ4v) is 22.8. The fourth-order valence-electron chi connectivity index (χ4n) is 22.8. The molecule has 30 rings (SSSR count). The molecule has 30 aromatic rings. The van der Waals surface area contributed by atoms with Crippen LogP contribution < -0.4 is 0 Å². The highest BCUT2D eigenvalue weighted by atomic mass is 16.3. The second-order valence-electron chi connectivity index (χ2n) is 36.0. The molecule has 0 spiro atoms. The highest BCUT2D eigenvalue weighted by Gasteiger charge is 2.30. The molecule has 141 heavy (non-hydrogen) atoms. The molecule has 0 amide bonds. The minimum atomic E-state index is 0.603. The first-order valence-corrected chi connectivity index (χ1v) is 47.3. The summed E-state index contributed by atoms with van der Waals surface area (Å²) in [6.07, 6.45) is 0. The molecule has 0 radical (unpaired) electrons. The van der Waals surface area contributed by atoms with Crippen LogP contribution in [0.15, 0.2) is 468 Å². The van der Waals surface area contributed by atoms with Crippen LogP contribution in [0.25, 0.3) is 269 Å². The lowest BCUT2D eigenvalue weighted by Crippen LogP contribution is -2.02. The van der Waals surface area contributed by atoms with E-state index in [0.29, 0.717) is 16.8 Å². The quantitative estimate of drug-likeness (QED) is 0.133. The number of hydrogen-bond acceptors (Lipinski definition) is 5. The summed E-state index contributed by atoms with van der Waals surface area (Å²) < 4.78 is 33.3. The van der Waals surface area contributed by atoms with Gasteiger partial charge < -0.3 is 40.7 Å². The Morgan fingerprint density at radius 1 is 0.191 bits per heavy atom. The molecule has 21 aromatic carbocycles. The van der Waals surface area contributed by atoms with E-state index >= 15 is 0 Å². The van der Waals surface area contributed by atoms with E-state index in [1.165, 1.54) is 32.3 Å². The van der Waals surface area contributed by atoms with Gasteiger partial charge in [0.25, 0.3) is 0 Å². The third-order valence-corrected chi connectivity index (χ3v) is 28.7. The van der Waals surface area contributed by atoms with Gasteiger partial charge in [-0.25, -0.2) is 4.85 Å². The summed E-state index contributed by atoms with van der Waals surface area (Å²) in [5, 5.41) is 40.9. The van der Waals surface area contributed by atoms with Crippen molar-refractivity contribution in [2.45, 2.75) is 0 Å². The maximum absolute atomic E-state index is 10.1. The molecule has 9 heterocycles. The number of nitriles is 2. The van der Waals surface area contributed by atoms with Gasteiger partial charge in [0.15, 0.2) is 5.69 Å². The molecule has 0 atom stereocenters.